The van der Waals surface area contributed by atoms with E-state index in [1.807, 2.05) is 26.0 Å². The molecule has 1 saturated carbocycles. The highest BCUT2D eigenvalue weighted by molar-refractivity contribution is 6.74. The highest BCUT2D eigenvalue weighted by atomic mass is 35.5. The fourth-order valence-corrected chi connectivity index (χ4v) is 7.16. The van der Waals surface area contributed by atoms with Crippen molar-refractivity contribution in [1.82, 2.24) is 0 Å². The van der Waals surface area contributed by atoms with E-state index < -0.39 is 20.2 Å². The van der Waals surface area contributed by atoms with Crippen LogP contribution in [0.2, 0.25) is 23.2 Å². The molecule has 0 bridgehead atoms. The van der Waals surface area contributed by atoms with Gasteiger partial charge in [0.2, 0.25) is 0 Å². The molecule has 2 fully saturated rings. The molecule has 5 atom stereocenters. The summed E-state index contributed by atoms with van der Waals surface area (Å²) < 4.78 is 19.4. The highest BCUT2D eigenvalue weighted by Crippen LogP contribution is 2.47. The maximum Gasteiger partial charge on any atom is 0.192 e. The first-order valence-corrected chi connectivity index (χ1v) is 17.3. The number of fused-ring (bicyclic) bond motifs is 1. The van der Waals surface area contributed by atoms with Crippen molar-refractivity contribution in [2.75, 3.05) is 0 Å². The Labute approximate surface area is 225 Å². The van der Waals surface area contributed by atoms with Gasteiger partial charge in [0.1, 0.15) is 6.10 Å². The summed E-state index contributed by atoms with van der Waals surface area (Å²) in [6, 6.07) is 6.07. The summed E-state index contributed by atoms with van der Waals surface area (Å²) in [6.45, 7) is 19.7. The highest BCUT2D eigenvalue weighted by Gasteiger charge is 2.58. The molecule has 1 aromatic rings. The van der Waals surface area contributed by atoms with Crippen LogP contribution >= 0.6 is 11.6 Å². The number of aryl methyl sites for hydroxylation is 1. The molecule has 1 aliphatic carbocycles. The van der Waals surface area contributed by atoms with E-state index in [2.05, 4.69) is 53.8 Å². The number of hydrogen-bond donors (Lipinski definition) is 0. The standard InChI is InChI=1S/C30H49ClO4Si/c1-10-11-12-13-22(35-36(8,9)29(3,4)5)15-16-23-24(19-21-18-20(2)14-17-25(21)31)26(32)28-27(23)33-30(6,7)34-28/h14,17-18,22-24,27-28H,10-13,15-16,19H2,1-9H3/t22-,23+,24+,27-,28+/m0/s1. The molecule has 3 rings (SSSR count). The molecule has 0 unspecified atom stereocenters. The van der Waals surface area contributed by atoms with Crippen molar-refractivity contribution in [3.8, 4) is 0 Å². The number of rotatable bonds is 11. The lowest BCUT2D eigenvalue weighted by atomic mass is 9.84. The number of halogens is 1. The van der Waals surface area contributed by atoms with Gasteiger partial charge in [-0.15, -0.1) is 0 Å². The van der Waals surface area contributed by atoms with Gasteiger partial charge in [-0.1, -0.05) is 76.3 Å². The lowest BCUT2D eigenvalue weighted by Crippen LogP contribution is -2.44. The Morgan fingerprint density at radius 2 is 1.83 bits per heavy atom. The number of benzene rings is 1. The fraction of sp³-hybridized carbons (Fsp3) is 0.767. The molecule has 1 aromatic carbocycles. The molecule has 1 heterocycles. The number of unbranched alkanes of at least 4 members (excludes halogenated alkanes) is 2. The average molecular weight is 537 g/mol. The van der Waals surface area contributed by atoms with E-state index in [9.17, 15) is 4.79 Å². The minimum absolute atomic E-state index is 0.0949. The molecular weight excluding hydrogens is 488 g/mol. The van der Waals surface area contributed by atoms with Gasteiger partial charge >= 0.3 is 0 Å². The van der Waals surface area contributed by atoms with Crippen LogP contribution in [0.3, 0.4) is 0 Å². The van der Waals surface area contributed by atoms with Gasteiger partial charge in [0, 0.05) is 17.0 Å². The van der Waals surface area contributed by atoms with Gasteiger partial charge in [-0.2, -0.15) is 0 Å². The molecule has 0 aromatic heterocycles. The van der Waals surface area contributed by atoms with Crippen molar-refractivity contribution >= 4 is 25.7 Å². The van der Waals surface area contributed by atoms with Crippen LogP contribution in [0.1, 0.15) is 91.2 Å². The quantitative estimate of drug-likeness (QED) is 0.211. The van der Waals surface area contributed by atoms with Crippen LogP contribution in [0.5, 0.6) is 0 Å². The topological polar surface area (TPSA) is 44.8 Å². The van der Waals surface area contributed by atoms with Crippen molar-refractivity contribution < 1.29 is 18.7 Å². The van der Waals surface area contributed by atoms with Gasteiger partial charge in [-0.05, 0) is 82.1 Å². The first-order chi connectivity index (χ1) is 16.6. The third kappa shape index (κ3) is 7.02. The van der Waals surface area contributed by atoms with Crippen LogP contribution < -0.4 is 0 Å². The van der Waals surface area contributed by atoms with E-state index in [0.29, 0.717) is 6.42 Å². The third-order valence-electron chi connectivity index (χ3n) is 8.57. The van der Waals surface area contributed by atoms with E-state index in [1.165, 1.54) is 19.3 Å². The Balaban J connectivity index is 1.82. The average Bonchev–Trinajstić information content (AvgIpc) is 3.19. The van der Waals surface area contributed by atoms with Gasteiger partial charge in [0.25, 0.3) is 0 Å². The monoisotopic (exact) mass is 536 g/mol. The van der Waals surface area contributed by atoms with E-state index in [0.717, 1.165) is 35.4 Å². The van der Waals surface area contributed by atoms with Crippen molar-refractivity contribution in [1.29, 1.82) is 0 Å². The fourth-order valence-electron chi connectivity index (χ4n) is 5.54. The molecular formula is C30H49ClO4Si. The summed E-state index contributed by atoms with van der Waals surface area (Å²) in [5.41, 5.74) is 2.19. The smallest absolute Gasteiger partial charge is 0.192 e. The Kier molecular flexibility index (Phi) is 9.59. The summed E-state index contributed by atoms with van der Waals surface area (Å²) >= 11 is 6.56. The number of hydrogen-bond acceptors (Lipinski definition) is 4. The third-order valence-corrected chi connectivity index (χ3v) is 13.5. The molecule has 1 aliphatic heterocycles. The van der Waals surface area contributed by atoms with Crippen molar-refractivity contribution in [3.63, 3.8) is 0 Å². The zero-order valence-electron chi connectivity index (χ0n) is 24.1. The van der Waals surface area contributed by atoms with Gasteiger partial charge in [0.05, 0.1) is 6.10 Å². The number of ketones is 1. The molecule has 204 valence electrons. The minimum atomic E-state index is -1.90. The van der Waals surface area contributed by atoms with Gasteiger partial charge in [-0.25, -0.2) is 0 Å². The molecule has 0 radical (unpaired) electrons. The van der Waals surface area contributed by atoms with Gasteiger partial charge in [0.15, 0.2) is 19.9 Å². The van der Waals surface area contributed by atoms with Crippen LogP contribution in [-0.4, -0.2) is 38.2 Å². The second-order valence-electron chi connectivity index (χ2n) is 13.1. The maximum atomic E-state index is 13.6. The first kappa shape index (κ1) is 29.8. The number of carbonyl (C=O) groups excluding carboxylic acids is 1. The minimum Gasteiger partial charge on any atom is -0.414 e. The zero-order chi connectivity index (χ0) is 26.9. The molecule has 0 amide bonds. The molecule has 36 heavy (non-hydrogen) atoms. The van der Waals surface area contributed by atoms with E-state index in [4.69, 9.17) is 25.5 Å². The van der Waals surface area contributed by atoms with Crippen LogP contribution in [0.25, 0.3) is 0 Å². The molecule has 2 aliphatic rings. The Bertz CT molecular complexity index is 907. The van der Waals surface area contributed by atoms with Gasteiger partial charge < -0.3 is 13.9 Å². The normalized spacial score (nSPS) is 26.9. The zero-order valence-corrected chi connectivity index (χ0v) is 25.8. The Hall–Kier alpha value is -0.723. The van der Waals surface area contributed by atoms with Gasteiger partial charge in [-0.3, -0.25) is 4.79 Å². The van der Waals surface area contributed by atoms with Crippen molar-refractivity contribution in [3.05, 3.63) is 34.3 Å². The van der Waals surface area contributed by atoms with E-state index in [1.54, 1.807) is 0 Å². The molecule has 4 nitrogen and oxygen atoms in total. The summed E-state index contributed by atoms with van der Waals surface area (Å²) in [7, 11) is -1.90. The van der Waals surface area contributed by atoms with Crippen molar-refractivity contribution in [2.45, 2.75) is 136 Å². The Morgan fingerprint density at radius 3 is 2.47 bits per heavy atom. The summed E-state index contributed by atoms with van der Waals surface area (Å²) in [5, 5.41) is 0.895. The molecule has 0 N–H and O–H groups in total. The lowest BCUT2D eigenvalue weighted by Gasteiger charge is -2.40. The largest absolute Gasteiger partial charge is 0.414 e. The molecule has 1 saturated heterocycles. The first-order valence-electron chi connectivity index (χ1n) is 14.0. The Morgan fingerprint density at radius 1 is 1.14 bits per heavy atom. The second-order valence-corrected chi connectivity index (χ2v) is 18.2. The maximum absolute atomic E-state index is 13.6. The van der Waals surface area contributed by atoms with E-state index >= 15 is 0 Å². The van der Waals surface area contributed by atoms with Crippen molar-refractivity contribution in [2.24, 2.45) is 11.8 Å². The summed E-state index contributed by atoms with van der Waals surface area (Å²) in [5.74, 6) is -0.619. The summed E-state index contributed by atoms with van der Waals surface area (Å²) in [4.78, 5) is 13.6. The predicted octanol–water partition coefficient (Wildman–Crippen LogP) is 8.28. The van der Waals surface area contributed by atoms with Crippen LogP contribution in [0.15, 0.2) is 18.2 Å². The predicted molar refractivity (Wildman–Crippen MR) is 151 cm³/mol. The van der Waals surface area contributed by atoms with Crippen LogP contribution in [-0.2, 0) is 25.1 Å². The van der Waals surface area contributed by atoms with Crippen LogP contribution in [0.4, 0.5) is 0 Å². The molecule has 6 heteroatoms. The number of Topliss-reactive ketones (excluding diaryl/α,β-unsaturated/α-hetero) is 1. The SMILES string of the molecule is CCCCC[C@@H](CC[C@H]1[C@@H]2OC(C)(C)O[C@@H]2C(=O)[C@@H]1Cc1cc(C)ccc1Cl)O[Si](C)(C)C(C)(C)C. The number of ether oxygens (including phenoxy) is 2. The number of carbonyl (C=O) groups is 1. The molecule has 0 spiro atoms. The van der Waals surface area contributed by atoms with E-state index in [-0.39, 0.29) is 34.9 Å². The summed E-state index contributed by atoms with van der Waals surface area (Å²) in [6.07, 6.45) is 6.68. The lowest BCUT2D eigenvalue weighted by molar-refractivity contribution is -0.167. The van der Waals surface area contributed by atoms with Crippen LogP contribution in [0, 0.1) is 18.8 Å². The second kappa shape index (κ2) is 11.6.